The summed E-state index contributed by atoms with van der Waals surface area (Å²) >= 11 is 5.86. The first-order chi connectivity index (χ1) is 7.77. The molecule has 1 heterocycles. The van der Waals surface area contributed by atoms with Crippen LogP contribution in [0.4, 0.5) is 0 Å². The molecule has 2 aromatic rings. The molecule has 0 saturated carbocycles. The van der Waals surface area contributed by atoms with E-state index in [1.54, 1.807) is 36.5 Å². The zero-order chi connectivity index (χ0) is 11.4. The van der Waals surface area contributed by atoms with Crippen LogP contribution in [0.1, 0.15) is 16.1 Å². The minimum atomic E-state index is -0.444. The highest BCUT2D eigenvalue weighted by atomic mass is 35.5. The minimum Gasteiger partial charge on any atom is -0.456 e. The van der Waals surface area contributed by atoms with Gasteiger partial charge in [-0.1, -0.05) is 23.7 Å². The summed E-state index contributed by atoms with van der Waals surface area (Å²) in [6.07, 6.45) is 1.60. The van der Waals surface area contributed by atoms with Gasteiger partial charge in [0, 0.05) is 6.20 Å². The lowest BCUT2D eigenvalue weighted by atomic mass is 10.2. The van der Waals surface area contributed by atoms with Crippen LogP contribution in [0.15, 0.2) is 36.5 Å². The number of hydrogen-bond acceptors (Lipinski definition) is 3. The van der Waals surface area contributed by atoms with Crippen molar-refractivity contribution in [3.05, 3.63) is 52.8 Å². The monoisotopic (exact) mass is 236 g/mol. The van der Waals surface area contributed by atoms with Gasteiger partial charge >= 0.3 is 5.97 Å². The number of halogens is 1. The molecule has 0 unspecified atom stereocenters. The molecule has 0 saturated heterocycles. The fourth-order valence-corrected chi connectivity index (χ4v) is 1.43. The first kappa shape index (κ1) is 10.7. The molecule has 4 nitrogen and oxygen atoms in total. The average Bonchev–Trinajstić information content (AvgIpc) is 2.79. The van der Waals surface area contributed by atoms with Crippen molar-refractivity contribution in [3.63, 3.8) is 0 Å². The number of aromatic nitrogens is 2. The summed E-state index contributed by atoms with van der Waals surface area (Å²) < 4.78 is 5.06. The Labute approximate surface area is 97.2 Å². The maximum Gasteiger partial charge on any atom is 0.340 e. The summed E-state index contributed by atoms with van der Waals surface area (Å²) in [5.41, 5.74) is 1.10. The second-order valence-corrected chi connectivity index (χ2v) is 3.55. The van der Waals surface area contributed by atoms with Crippen molar-refractivity contribution in [2.45, 2.75) is 6.61 Å². The van der Waals surface area contributed by atoms with E-state index < -0.39 is 5.97 Å². The number of aromatic amines is 1. The van der Waals surface area contributed by atoms with Gasteiger partial charge in [0.15, 0.2) is 0 Å². The number of H-pyrrole nitrogens is 1. The molecule has 0 aliphatic rings. The Bertz CT molecular complexity index is 482. The molecular weight excluding hydrogens is 228 g/mol. The predicted molar refractivity (Wildman–Crippen MR) is 59.2 cm³/mol. The smallest absolute Gasteiger partial charge is 0.340 e. The lowest BCUT2D eigenvalue weighted by Gasteiger charge is -2.04. The topological polar surface area (TPSA) is 55.0 Å². The molecule has 82 valence electrons. The van der Waals surface area contributed by atoms with Gasteiger partial charge in [0.2, 0.25) is 0 Å². The second-order valence-electron chi connectivity index (χ2n) is 3.14. The SMILES string of the molecule is O=C(OCc1ccn[nH]1)c1ccccc1Cl. The Morgan fingerprint density at radius 3 is 2.88 bits per heavy atom. The van der Waals surface area contributed by atoms with Gasteiger partial charge in [-0.15, -0.1) is 0 Å². The fraction of sp³-hybridized carbons (Fsp3) is 0.0909. The van der Waals surface area contributed by atoms with E-state index in [0.29, 0.717) is 10.6 Å². The van der Waals surface area contributed by atoms with Gasteiger partial charge < -0.3 is 4.74 Å². The standard InChI is InChI=1S/C11H9ClN2O2/c12-10-4-2-1-3-9(10)11(15)16-7-8-5-6-13-14-8/h1-6H,7H2,(H,13,14). The molecule has 0 atom stereocenters. The Morgan fingerprint density at radius 1 is 1.38 bits per heavy atom. The number of rotatable bonds is 3. The van der Waals surface area contributed by atoms with Crippen LogP contribution in [0.2, 0.25) is 5.02 Å². The third-order valence-electron chi connectivity index (χ3n) is 2.01. The van der Waals surface area contributed by atoms with Crippen LogP contribution >= 0.6 is 11.6 Å². The molecule has 1 aromatic carbocycles. The van der Waals surface area contributed by atoms with Crippen molar-refractivity contribution >= 4 is 17.6 Å². The lowest BCUT2D eigenvalue weighted by Crippen LogP contribution is -2.06. The quantitative estimate of drug-likeness (QED) is 0.833. The zero-order valence-electron chi connectivity index (χ0n) is 8.31. The van der Waals surface area contributed by atoms with E-state index in [1.807, 2.05) is 0 Å². The van der Waals surface area contributed by atoms with E-state index in [1.165, 1.54) is 0 Å². The van der Waals surface area contributed by atoms with E-state index in [0.717, 1.165) is 5.69 Å². The number of nitrogens with one attached hydrogen (secondary N) is 1. The van der Waals surface area contributed by atoms with Crippen molar-refractivity contribution in [1.82, 2.24) is 10.2 Å². The number of carbonyl (C=O) groups is 1. The molecule has 2 rings (SSSR count). The third-order valence-corrected chi connectivity index (χ3v) is 2.34. The van der Waals surface area contributed by atoms with Crippen molar-refractivity contribution in [2.24, 2.45) is 0 Å². The lowest BCUT2D eigenvalue weighted by molar-refractivity contribution is 0.0468. The Balaban J connectivity index is 2.01. The molecule has 0 fully saturated rings. The highest BCUT2D eigenvalue weighted by molar-refractivity contribution is 6.33. The van der Waals surface area contributed by atoms with Crippen LogP contribution in [0.25, 0.3) is 0 Å². The summed E-state index contributed by atoms with van der Waals surface area (Å²) in [4.78, 5) is 11.6. The molecule has 0 aliphatic carbocycles. The molecular formula is C11H9ClN2O2. The molecule has 16 heavy (non-hydrogen) atoms. The highest BCUT2D eigenvalue weighted by Crippen LogP contribution is 2.16. The number of carbonyl (C=O) groups excluding carboxylic acids is 1. The molecule has 0 spiro atoms. The number of benzene rings is 1. The molecule has 1 N–H and O–H groups in total. The normalized spacial score (nSPS) is 10.1. The molecule has 0 amide bonds. The number of ether oxygens (including phenoxy) is 1. The maximum atomic E-state index is 11.6. The number of esters is 1. The molecule has 5 heteroatoms. The van der Waals surface area contributed by atoms with E-state index >= 15 is 0 Å². The van der Waals surface area contributed by atoms with Gasteiger partial charge in [0.25, 0.3) is 0 Å². The predicted octanol–water partition coefficient (Wildman–Crippen LogP) is 2.42. The van der Waals surface area contributed by atoms with E-state index in [4.69, 9.17) is 16.3 Å². The summed E-state index contributed by atoms with van der Waals surface area (Å²) in [5, 5.41) is 6.83. The zero-order valence-corrected chi connectivity index (χ0v) is 9.07. The number of hydrogen-bond donors (Lipinski definition) is 1. The fourth-order valence-electron chi connectivity index (χ4n) is 1.21. The average molecular weight is 237 g/mol. The molecule has 1 aromatic heterocycles. The van der Waals surface area contributed by atoms with Crippen LogP contribution in [0.5, 0.6) is 0 Å². The van der Waals surface area contributed by atoms with Crippen molar-refractivity contribution in [2.75, 3.05) is 0 Å². The Kier molecular flexibility index (Phi) is 3.22. The third kappa shape index (κ3) is 2.41. The van der Waals surface area contributed by atoms with Gasteiger partial charge in [-0.05, 0) is 18.2 Å². The van der Waals surface area contributed by atoms with Crippen molar-refractivity contribution in [3.8, 4) is 0 Å². The highest BCUT2D eigenvalue weighted by Gasteiger charge is 2.10. The molecule has 0 bridgehead atoms. The van der Waals surface area contributed by atoms with Crippen molar-refractivity contribution in [1.29, 1.82) is 0 Å². The largest absolute Gasteiger partial charge is 0.456 e. The van der Waals surface area contributed by atoms with Gasteiger partial charge in [-0.3, -0.25) is 5.10 Å². The van der Waals surface area contributed by atoms with Gasteiger partial charge in [-0.2, -0.15) is 5.10 Å². The Morgan fingerprint density at radius 2 is 2.19 bits per heavy atom. The number of nitrogens with zero attached hydrogens (tertiary/aromatic N) is 1. The molecule has 0 radical (unpaired) electrons. The first-order valence-electron chi connectivity index (χ1n) is 4.67. The van der Waals surface area contributed by atoms with E-state index in [9.17, 15) is 4.79 Å². The molecule has 0 aliphatic heterocycles. The van der Waals surface area contributed by atoms with E-state index in [2.05, 4.69) is 10.2 Å². The van der Waals surface area contributed by atoms with Crippen LogP contribution < -0.4 is 0 Å². The minimum absolute atomic E-state index is 0.157. The first-order valence-corrected chi connectivity index (χ1v) is 5.05. The summed E-state index contributed by atoms with van der Waals surface area (Å²) in [5.74, 6) is -0.444. The maximum absolute atomic E-state index is 11.6. The van der Waals surface area contributed by atoms with Crippen LogP contribution in [0, 0.1) is 0 Å². The van der Waals surface area contributed by atoms with E-state index in [-0.39, 0.29) is 6.61 Å². The van der Waals surface area contributed by atoms with Crippen LogP contribution in [0.3, 0.4) is 0 Å². The van der Waals surface area contributed by atoms with Crippen molar-refractivity contribution < 1.29 is 9.53 Å². The van der Waals surface area contributed by atoms with Gasteiger partial charge in [0.05, 0.1) is 16.3 Å². The Hall–Kier alpha value is -1.81. The van der Waals surface area contributed by atoms with Crippen LogP contribution in [-0.4, -0.2) is 16.2 Å². The van der Waals surface area contributed by atoms with Gasteiger partial charge in [-0.25, -0.2) is 4.79 Å². The second kappa shape index (κ2) is 4.81. The summed E-state index contributed by atoms with van der Waals surface area (Å²) in [6.45, 7) is 0.157. The summed E-state index contributed by atoms with van der Waals surface area (Å²) in [7, 11) is 0. The van der Waals surface area contributed by atoms with Gasteiger partial charge in [0.1, 0.15) is 6.61 Å². The summed E-state index contributed by atoms with van der Waals surface area (Å²) in [6, 6.07) is 8.50. The van der Waals surface area contributed by atoms with Crippen LogP contribution in [-0.2, 0) is 11.3 Å².